The molecule has 0 spiro atoms. The number of piperazine rings is 1. The van der Waals surface area contributed by atoms with E-state index in [0.717, 1.165) is 60.9 Å². The first kappa shape index (κ1) is 18.9. The summed E-state index contributed by atoms with van der Waals surface area (Å²) < 4.78 is 1.02. The van der Waals surface area contributed by atoms with Crippen LogP contribution in [-0.4, -0.2) is 58.4 Å². The van der Waals surface area contributed by atoms with Crippen LogP contribution in [0.2, 0.25) is 0 Å². The second-order valence-electron chi connectivity index (χ2n) is 7.80. The van der Waals surface area contributed by atoms with Crippen LogP contribution in [0.15, 0.2) is 22.9 Å². The third kappa shape index (κ3) is 3.30. The number of nitrogens with two attached hydrogens (primary N) is 1. The molecule has 1 aliphatic carbocycles. The number of nitrogens with zero attached hydrogens (tertiary/aromatic N) is 3. The lowest BCUT2D eigenvalue weighted by molar-refractivity contribution is -0.128. The van der Waals surface area contributed by atoms with Crippen molar-refractivity contribution < 1.29 is 4.79 Å². The maximum Gasteiger partial charge on any atom is 0.153 e. The summed E-state index contributed by atoms with van der Waals surface area (Å²) in [7, 11) is 0. The number of H-pyrrole nitrogens is 1. The molecule has 2 aromatic heterocycles. The molecule has 2 aromatic rings. The summed E-state index contributed by atoms with van der Waals surface area (Å²) in [5.74, 6) is 0.223. The molecule has 4 rings (SSSR count). The molecule has 0 radical (unpaired) electrons. The van der Waals surface area contributed by atoms with Crippen molar-refractivity contribution in [2.45, 2.75) is 50.6 Å². The number of carbonyl (C=O) groups excluding carboxylic acids is 1. The second kappa shape index (κ2) is 7.53. The number of ketones is 1. The number of halogens is 1. The number of pyridine rings is 1. The first-order valence-electron chi connectivity index (χ1n) is 9.97. The minimum absolute atomic E-state index is 0.175. The summed E-state index contributed by atoms with van der Waals surface area (Å²) in [5, 5.41) is 1.14. The number of anilines is 1. The highest BCUT2D eigenvalue weighted by molar-refractivity contribution is 9.10. The standard InChI is InChI=1S/C20H28BrN5O/c1-2-17(27)20(22)7-4-3-5-16(20)25-9-11-26(12-10-25)18-14-6-8-23-19(14)24-13-15(18)21/h6,8,13,16H,2-5,7,9-12,22H2,1H3,(H,23,24)/t16-,20?/m1/s1. The number of fused-ring (bicyclic) bond motifs is 1. The zero-order chi connectivity index (χ0) is 19.0. The van der Waals surface area contributed by atoms with Crippen LogP contribution in [0.25, 0.3) is 11.0 Å². The lowest BCUT2D eigenvalue weighted by Crippen LogP contribution is -2.66. The molecule has 1 saturated carbocycles. The summed E-state index contributed by atoms with van der Waals surface area (Å²) in [6.07, 6.45) is 8.42. The summed E-state index contributed by atoms with van der Waals surface area (Å²) in [5.41, 5.74) is 8.14. The predicted octanol–water partition coefficient (Wildman–Crippen LogP) is 3.07. The van der Waals surface area contributed by atoms with E-state index in [4.69, 9.17) is 5.73 Å². The van der Waals surface area contributed by atoms with Crippen molar-refractivity contribution in [2.75, 3.05) is 31.1 Å². The quantitative estimate of drug-likeness (QED) is 0.774. The van der Waals surface area contributed by atoms with Gasteiger partial charge in [-0.05, 0) is 34.8 Å². The van der Waals surface area contributed by atoms with Gasteiger partial charge in [0.15, 0.2) is 5.78 Å². The Labute approximate surface area is 168 Å². The molecule has 146 valence electrons. The number of Topliss-reactive ketones (excluding diaryl/α,β-unsaturated/α-hetero) is 1. The van der Waals surface area contributed by atoms with E-state index in [9.17, 15) is 4.79 Å². The zero-order valence-electron chi connectivity index (χ0n) is 15.9. The molecule has 0 amide bonds. The van der Waals surface area contributed by atoms with Gasteiger partial charge in [-0.3, -0.25) is 9.69 Å². The molecule has 1 saturated heterocycles. The molecule has 7 heteroatoms. The SMILES string of the molecule is CCC(=O)C1(N)CCCC[C@H]1N1CCN(c2c(Br)cnc3[nH]ccc23)CC1. The number of aromatic amines is 1. The van der Waals surface area contributed by atoms with E-state index < -0.39 is 5.54 Å². The van der Waals surface area contributed by atoms with Gasteiger partial charge in [-0.25, -0.2) is 4.98 Å². The molecule has 2 aliphatic rings. The molecule has 1 aliphatic heterocycles. The fraction of sp³-hybridized carbons (Fsp3) is 0.600. The van der Waals surface area contributed by atoms with Gasteiger partial charge in [0, 0.05) is 56.4 Å². The van der Waals surface area contributed by atoms with Crippen LogP contribution in [0.5, 0.6) is 0 Å². The van der Waals surface area contributed by atoms with Crippen molar-refractivity contribution in [2.24, 2.45) is 5.73 Å². The third-order valence-electron chi connectivity index (χ3n) is 6.34. The zero-order valence-corrected chi connectivity index (χ0v) is 17.5. The number of carbonyl (C=O) groups is 1. The van der Waals surface area contributed by atoms with Crippen LogP contribution in [0.1, 0.15) is 39.0 Å². The summed E-state index contributed by atoms with van der Waals surface area (Å²) in [6.45, 7) is 5.65. The van der Waals surface area contributed by atoms with Crippen LogP contribution in [0, 0.1) is 0 Å². The highest BCUT2D eigenvalue weighted by atomic mass is 79.9. The molecule has 0 bridgehead atoms. The van der Waals surface area contributed by atoms with Crippen molar-refractivity contribution in [3.05, 3.63) is 22.9 Å². The number of hydrogen-bond donors (Lipinski definition) is 2. The highest BCUT2D eigenvalue weighted by Gasteiger charge is 2.45. The number of aromatic nitrogens is 2. The second-order valence-corrected chi connectivity index (χ2v) is 8.65. The van der Waals surface area contributed by atoms with E-state index in [1.165, 1.54) is 12.1 Å². The van der Waals surface area contributed by atoms with Crippen LogP contribution in [0.3, 0.4) is 0 Å². The van der Waals surface area contributed by atoms with E-state index in [1.807, 2.05) is 19.3 Å². The molecule has 1 unspecified atom stereocenters. The van der Waals surface area contributed by atoms with Crippen LogP contribution in [0.4, 0.5) is 5.69 Å². The normalized spacial score (nSPS) is 27.2. The van der Waals surface area contributed by atoms with Gasteiger partial charge in [-0.1, -0.05) is 19.8 Å². The van der Waals surface area contributed by atoms with Crippen molar-refractivity contribution >= 4 is 38.4 Å². The van der Waals surface area contributed by atoms with E-state index in [-0.39, 0.29) is 11.8 Å². The Morgan fingerprint density at radius 1 is 1.37 bits per heavy atom. The van der Waals surface area contributed by atoms with Gasteiger partial charge in [-0.2, -0.15) is 0 Å². The number of nitrogens with one attached hydrogen (secondary N) is 1. The van der Waals surface area contributed by atoms with Crippen molar-refractivity contribution in [1.29, 1.82) is 0 Å². The first-order valence-corrected chi connectivity index (χ1v) is 10.8. The number of rotatable bonds is 4. The molecular formula is C20H28BrN5O. The Kier molecular flexibility index (Phi) is 5.27. The van der Waals surface area contributed by atoms with Gasteiger partial charge in [-0.15, -0.1) is 0 Å². The summed E-state index contributed by atoms with van der Waals surface area (Å²) in [6, 6.07) is 2.26. The maximum atomic E-state index is 12.6. The summed E-state index contributed by atoms with van der Waals surface area (Å²) in [4.78, 5) is 25.1. The third-order valence-corrected chi connectivity index (χ3v) is 6.92. The van der Waals surface area contributed by atoms with Crippen molar-refractivity contribution in [1.82, 2.24) is 14.9 Å². The number of hydrogen-bond acceptors (Lipinski definition) is 5. The molecule has 3 heterocycles. The van der Waals surface area contributed by atoms with Gasteiger partial charge in [0.1, 0.15) is 5.65 Å². The molecule has 6 nitrogen and oxygen atoms in total. The maximum absolute atomic E-state index is 12.6. The first-order chi connectivity index (χ1) is 13.0. The average Bonchev–Trinajstić information content (AvgIpc) is 3.16. The van der Waals surface area contributed by atoms with Gasteiger partial charge in [0.05, 0.1) is 15.7 Å². The van der Waals surface area contributed by atoms with E-state index >= 15 is 0 Å². The van der Waals surface area contributed by atoms with Gasteiger partial charge < -0.3 is 15.6 Å². The predicted molar refractivity (Wildman–Crippen MR) is 112 cm³/mol. The topological polar surface area (TPSA) is 78.2 Å². The van der Waals surface area contributed by atoms with E-state index in [0.29, 0.717) is 6.42 Å². The van der Waals surface area contributed by atoms with Gasteiger partial charge >= 0.3 is 0 Å². The fourth-order valence-corrected chi connectivity index (χ4v) is 5.46. The van der Waals surface area contributed by atoms with Crippen molar-refractivity contribution in [3.8, 4) is 0 Å². The fourth-order valence-electron chi connectivity index (χ4n) is 4.89. The molecule has 2 atom stereocenters. The Morgan fingerprint density at radius 2 is 2.15 bits per heavy atom. The Bertz CT molecular complexity index is 829. The minimum Gasteiger partial charge on any atom is -0.367 e. The van der Waals surface area contributed by atoms with Gasteiger partial charge in [0.25, 0.3) is 0 Å². The monoisotopic (exact) mass is 433 g/mol. The largest absolute Gasteiger partial charge is 0.367 e. The molecule has 2 fully saturated rings. The summed E-state index contributed by atoms with van der Waals surface area (Å²) >= 11 is 3.68. The minimum atomic E-state index is -0.666. The van der Waals surface area contributed by atoms with E-state index in [1.54, 1.807) is 0 Å². The molecular weight excluding hydrogens is 406 g/mol. The van der Waals surface area contributed by atoms with Crippen molar-refractivity contribution in [3.63, 3.8) is 0 Å². The Morgan fingerprint density at radius 3 is 2.89 bits per heavy atom. The molecule has 27 heavy (non-hydrogen) atoms. The lowest BCUT2D eigenvalue weighted by Gasteiger charge is -2.49. The lowest BCUT2D eigenvalue weighted by atomic mass is 9.73. The van der Waals surface area contributed by atoms with Crippen LogP contribution >= 0.6 is 15.9 Å². The Hall–Kier alpha value is -1.44. The highest BCUT2D eigenvalue weighted by Crippen LogP contribution is 2.36. The molecule has 0 aromatic carbocycles. The van der Waals surface area contributed by atoms with Crippen LogP contribution < -0.4 is 10.6 Å². The van der Waals surface area contributed by atoms with Gasteiger partial charge in [0.2, 0.25) is 0 Å². The smallest absolute Gasteiger partial charge is 0.153 e. The van der Waals surface area contributed by atoms with Crippen LogP contribution in [-0.2, 0) is 4.79 Å². The van der Waals surface area contributed by atoms with E-state index in [2.05, 4.69) is 41.8 Å². The molecule has 3 N–H and O–H groups in total. The Balaban J connectivity index is 1.52. The average molecular weight is 434 g/mol.